The molecule has 0 saturated carbocycles. The Bertz CT molecular complexity index is 496. The second kappa shape index (κ2) is 5.94. The second-order valence-electron chi connectivity index (χ2n) is 4.33. The van der Waals surface area contributed by atoms with Crippen molar-refractivity contribution in [3.05, 3.63) is 29.6 Å². The summed E-state index contributed by atoms with van der Waals surface area (Å²) >= 11 is 0. The van der Waals surface area contributed by atoms with Crippen LogP contribution in [-0.2, 0) is 4.79 Å². The van der Waals surface area contributed by atoms with Crippen molar-refractivity contribution >= 4 is 17.8 Å². The van der Waals surface area contributed by atoms with Crippen LogP contribution in [0.25, 0.3) is 0 Å². The number of nitrogens with two attached hydrogens (primary N) is 1. The van der Waals surface area contributed by atoms with E-state index in [1.807, 2.05) is 0 Å². The zero-order chi connectivity index (χ0) is 14.6. The molecule has 1 atom stereocenters. The van der Waals surface area contributed by atoms with Crippen molar-refractivity contribution in [2.24, 2.45) is 11.7 Å². The molecule has 0 aromatic carbocycles. The lowest BCUT2D eigenvalue weighted by Gasteiger charge is -2.18. The van der Waals surface area contributed by atoms with E-state index in [2.05, 4.69) is 10.3 Å². The third kappa shape index (κ3) is 3.77. The van der Waals surface area contributed by atoms with Crippen molar-refractivity contribution in [2.45, 2.75) is 19.9 Å². The molecule has 1 heterocycles. The van der Waals surface area contributed by atoms with Gasteiger partial charge in [-0.05, 0) is 18.1 Å². The lowest BCUT2D eigenvalue weighted by Crippen LogP contribution is -2.47. The number of aromatic carboxylic acids is 1. The maximum atomic E-state index is 11.8. The molecule has 2 amide bonds. The summed E-state index contributed by atoms with van der Waals surface area (Å²) in [4.78, 5) is 37.3. The van der Waals surface area contributed by atoms with Crippen molar-refractivity contribution in [3.63, 3.8) is 0 Å². The van der Waals surface area contributed by atoms with E-state index < -0.39 is 23.8 Å². The van der Waals surface area contributed by atoms with Crippen LogP contribution in [0.2, 0.25) is 0 Å². The summed E-state index contributed by atoms with van der Waals surface area (Å²) in [6.07, 6.45) is 1.08. The van der Waals surface area contributed by atoms with Crippen molar-refractivity contribution in [1.29, 1.82) is 0 Å². The molecular formula is C12H15N3O4. The molecular weight excluding hydrogens is 250 g/mol. The SMILES string of the molecule is CC(C)C(NC(=O)c1ccc(C(=O)O)cn1)C(N)=O. The molecule has 1 rings (SSSR count). The summed E-state index contributed by atoms with van der Waals surface area (Å²) < 4.78 is 0. The van der Waals surface area contributed by atoms with Gasteiger partial charge >= 0.3 is 5.97 Å². The number of hydrogen-bond acceptors (Lipinski definition) is 4. The molecule has 0 aliphatic carbocycles. The molecule has 0 saturated heterocycles. The highest BCUT2D eigenvalue weighted by molar-refractivity contribution is 5.96. The van der Waals surface area contributed by atoms with Crippen LogP contribution < -0.4 is 11.1 Å². The highest BCUT2D eigenvalue weighted by Gasteiger charge is 2.22. The smallest absolute Gasteiger partial charge is 0.337 e. The average Bonchev–Trinajstić information content (AvgIpc) is 2.34. The Kier molecular flexibility index (Phi) is 4.57. The fraction of sp³-hybridized carbons (Fsp3) is 0.333. The summed E-state index contributed by atoms with van der Waals surface area (Å²) in [6.45, 7) is 3.49. The third-order valence-corrected chi connectivity index (χ3v) is 2.50. The Labute approximate surface area is 109 Å². The van der Waals surface area contributed by atoms with E-state index in [1.54, 1.807) is 13.8 Å². The van der Waals surface area contributed by atoms with Crippen LogP contribution in [0.4, 0.5) is 0 Å². The first kappa shape index (κ1) is 14.6. The van der Waals surface area contributed by atoms with Gasteiger partial charge in [0.2, 0.25) is 5.91 Å². The molecule has 7 nitrogen and oxygen atoms in total. The van der Waals surface area contributed by atoms with Crippen LogP contribution in [-0.4, -0.2) is 33.9 Å². The van der Waals surface area contributed by atoms with Gasteiger partial charge in [0.25, 0.3) is 5.91 Å². The summed E-state index contributed by atoms with van der Waals surface area (Å²) in [6, 6.07) is 1.74. The van der Waals surface area contributed by atoms with Gasteiger partial charge in [0.15, 0.2) is 0 Å². The van der Waals surface area contributed by atoms with Crippen molar-refractivity contribution in [3.8, 4) is 0 Å². The highest BCUT2D eigenvalue weighted by Crippen LogP contribution is 2.04. The van der Waals surface area contributed by atoms with E-state index in [9.17, 15) is 14.4 Å². The lowest BCUT2D eigenvalue weighted by atomic mass is 10.0. The normalized spacial score (nSPS) is 11.9. The summed E-state index contributed by atoms with van der Waals surface area (Å²) in [5.74, 6) is -2.49. The number of aromatic nitrogens is 1. The van der Waals surface area contributed by atoms with Crippen LogP contribution in [0.15, 0.2) is 18.3 Å². The third-order valence-electron chi connectivity index (χ3n) is 2.50. The Balaban J connectivity index is 2.83. The molecule has 0 bridgehead atoms. The predicted octanol–water partition coefficient (Wildman–Crippen LogP) is 0.0195. The van der Waals surface area contributed by atoms with Crippen LogP contribution in [0.3, 0.4) is 0 Å². The first-order chi connectivity index (χ1) is 8.82. The standard InChI is InChI=1S/C12H15N3O4/c1-6(2)9(10(13)16)15-11(17)8-4-3-7(5-14-8)12(18)19/h3-6,9H,1-2H3,(H2,13,16)(H,15,17)(H,18,19). The topological polar surface area (TPSA) is 122 Å². The van der Waals surface area contributed by atoms with E-state index in [4.69, 9.17) is 10.8 Å². The molecule has 0 aliphatic heterocycles. The van der Waals surface area contributed by atoms with Crippen LogP contribution in [0, 0.1) is 5.92 Å². The van der Waals surface area contributed by atoms with Gasteiger partial charge < -0.3 is 16.2 Å². The van der Waals surface area contributed by atoms with Crippen molar-refractivity contribution in [1.82, 2.24) is 10.3 Å². The van der Waals surface area contributed by atoms with E-state index >= 15 is 0 Å². The number of rotatable bonds is 5. The number of nitrogens with zero attached hydrogens (tertiary/aromatic N) is 1. The van der Waals surface area contributed by atoms with Crippen molar-refractivity contribution in [2.75, 3.05) is 0 Å². The molecule has 102 valence electrons. The molecule has 1 aromatic rings. The number of carboxylic acids is 1. The number of primary amides is 1. The number of carbonyl (C=O) groups excluding carboxylic acids is 2. The molecule has 19 heavy (non-hydrogen) atoms. The highest BCUT2D eigenvalue weighted by atomic mass is 16.4. The Morgan fingerprint density at radius 1 is 1.32 bits per heavy atom. The summed E-state index contributed by atoms with van der Waals surface area (Å²) in [7, 11) is 0. The number of amides is 2. The van der Waals surface area contributed by atoms with E-state index in [0.29, 0.717) is 0 Å². The molecule has 0 fully saturated rings. The van der Waals surface area contributed by atoms with Gasteiger partial charge in [-0.25, -0.2) is 4.79 Å². The quantitative estimate of drug-likeness (QED) is 0.692. The fourth-order valence-corrected chi connectivity index (χ4v) is 1.44. The Morgan fingerprint density at radius 3 is 2.32 bits per heavy atom. The van der Waals surface area contributed by atoms with E-state index in [0.717, 1.165) is 6.20 Å². The molecule has 0 radical (unpaired) electrons. The molecule has 1 unspecified atom stereocenters. The zero-order valence-corrected chi connectivity index (χ0v) is 10.6. The Hall–Kier alpha value is -2.44. The summed E-state index contributed by atoms with van der Waals surface area (Å²) in [5.41, 5.74) is 5.18. The first-order valence-electron chi connectivity index (χ1n) is 5.62. The summed E-state index contributed by atoms with van der Waals surface area (Å²) in [5, 5.41) is 11.2. The van der Waals surface area contributed by atoms with Gasteiger partial charge in [0, 0.05) is 6.20 Å². The first-order valence-corrected chi connectivity index (χ1v) is 5.62. The molecule has 0 aliphatic rings. The van der Waals surface area contributed by atoms with E-state index in [1.165, 1.54) is 12.1 Å². The minimum atomic E-state index is -1.13. The average molecular weight is 265 g/mol. The largest absolute Gasteiger partial charge is 0.478 e. The van der Waals surface area contributed by atoms with Gasteiger partial charge in [0.05, 0.1) is 5.56 Å². The van der Waals surface area contributed by atoms with Gasteiger partial charge in [-0.2, -0.15) is 0 Å². The number of carboxylic acid groups (broad SMARTS) is 1. The molecule has 1 aromatic heterocycles. The zero-order valence-electron chi connectivity index (χ0n) is 10.6. The van der Waals surface area contributed by atoms with Gasteiger partial charge in [-0.3, -0.25) is 14.6 Å². The number of hydrogen-bond donors (Lipinski definition) is 3. The van der Waals surface area contributed by atoms with Crippen molar-refractivity contribution < 1.29 is 19.5 Å². The van der Waals surface area contributed by atoms with Gasteiger partial charge in [-0.15, -0.1) is 0 Å². The van der Waals surface area contributed by atoms with Gasteiger partial charge in [-0.1, -0.05) is 13.8 Å². The molecule has 0 spiro atoms. The Morgan fingerprint density at radius 2 is 1.95 bits per heavy atom. The van der Waals surface area contributed by atoms with Crippen LogP contribution >= 0.6 is 0 Å². The monoisotopic (exact) mass is 265 g/mol. The number of nitrogens with one attached hydrogen (secondary N) is 1. The maximum absolute atomic E-state index is 11.8. The second-order valence-corrected chi connectivity index (χ2v) is 4.33. The van der Waals surface area contributed by atoms with Crippen LogP contribution in [0.1, 0.15) is 34.7 Å². The van der Waals surface area contributed by atoms with E-state index in [-0.39, 0.29) is 17.2 Å². The fourth-order valence-electron chi connectivity index (χ4n) is 1.44. The molecule has 7 heteroatoms. The molecule has 4 N–H and O–H groups in total. The van der Waals surface area contributed by atoms with Gasteiger partial charge in [0.1, 0.15) is 11.7 Å². The van der Waals surface area contributed by atoms with Crippen LogP contribution in [0.5, 0.6) is 0 Å². The minimum Gasteiger partial charge on any atom is -0.478 e. The lowest BCUT2D eigenvalue weighted by molar-refractivity contribution is -0.120. The maximum Gasteiger partial charge on any atom is 0.337 e. The predicted molar refractivity (Wildman–Crippen MR) is 66.5 cm³/mol. The number of carbonyl (C=O) groups is 3. The minimum absolute atomic E-state index is 0.0214. The number of pyridine rings is 1.